The van der Waals surface area contributed by atoms with E-state index in [4.69, 9.17) is 0 Å². The SMILES string of the molecule is CC1CCC(Nc2ncns2)CC1. The van der Waals surface area contributed by atoms with Crippen LogP contribution >= 0.6 is 11.5 Å². The van der Waals surface area contributed by atoms with Crippen LogP contribution in [0.4, 0.5) is 5.13 Å². The third-order valence-corrected chi connectivity index (χ3v) is 3.30. The van der Waals surface area contributed by atoms with Crippen molar-refractivity contribution in [1.82, 2.24) is 9.36 Å². The highest BCUT2D eigenvalue weighted by atomic mass is 32.1. The van der Waals surface area contributed by atoms with Crippen LogP contribution in [-0.4, -0.2) is 15.4 Å². The number of nitrogens with one attached hydrogen (secondary N) is 1. The molecule has 0 atom stereocenters. The van der Waals surface area contributed by atoms with Gasteiger partial charge >= 0.3 is 0 Å². The van der Waals surface area contributed by atoms with Crippen molar-refractivity contribution >= 4 is 16.7 Å². The summed E-state index contributed by atoms with van der Waals surface area (Å²) in [5.41, 5.74) is 0. The molecule has 72 valence electrons. The summed E-state index contributed by atoms with van der Waals surface area (Å²) in [6.45, 7) is 2.33. The first-order valence-corrected chi connectivity index (χ1v) is 5.65. The topological polar surface area (TPSA) is 37.8 Å². The Morgan fingerprint density at radius 1 is 1.38 bits per heavy atom. The molecule has 0 amide bonds. The first-order valence-electron chi connectivity index (χ1n) is 4.88. The summed E-state index contributed by atoms with van der Waals surface area (Å²) in [7, 11) is 0. The fourth-order valence-corrected chi connectivity index (χ4v) is 2.32. The van der Waals surface area contributed by atoms with Crippen molar-refractivity contribution < 1.29 is 0 Å². The predicted octanol–water partition coefficient (Wildman–Crippen LogP) is 2.53. The number of rotatable bonds is 2. The van der Waals surface area contributed by atoms with Gasteiger partial charge in [0, 0.05) is 17.6 Å². The molecule has 2 rings (SSSR count). The van der Waals surface area contributed by atoms with Crippen LogP contribution in [-0.2, 0) is 0 Å². The molecule has 0 unspecified atom stereocenters. The molecule has 3 nitrogen and oxygen atoms in total. The number of nitrogens with zero attached hydrogens (tertiary/aromatic N) is 2. The van der Waals surface area contributed by atoms with Gasteiger partial charge in [-0.15, -0.1) is 0 Å². The maximum absolute atomic E-state index is 4.13. The number of aromatic nitrogens is 2. The lowest BCUT2D eigenvalue weighted by Gasteiger charge is -2.26. The molecule has 0 saturated heterocycles. The van der Waals surface area contributed by atoms with E-state index in [2.05, 4.69) is 21.6 Å². The molecule has 1 heterocycles. The molecular weight excluding hydrogens is 182 g/mol. The zero-order valence-corrected chi connectivity index (χ0v) is 8.68. The molecule has 1 aliphatic carbocycles. The summed E-state index contributed by atoms with van der Waals surface area (Å²) in [5, 5.41) is 4.40. The van der Waals surface area contributed by atoms with Crippen molar-refractivity contribution in [2.24, 2.45) is 5.92 Å². The number of hydrogen-bond acceptors (Lipinski definition) is 4. The normalized spacial score (nSPS) is 28.7. The summed E-state index contributed by atoms with van der Waals surface area (Å²) in [4.78, 5) is 4.13. The molecule has 0 spiro atoms. The lowest BCUT2D eigenvalue weighted by Crippen LogP contribution is -2.24. The Hall–Kier alpha value is -0.640. The average molecular weight is 197 g/mol. The molecule has 0 bridgehead atoms. The first kappa shape index (κ1) is 8.94. The quantitative estimate of drug-likeness (QED) is 0.791. The van der Waals surface area contributed by atoms with Gasteiger partial charge in [-0.25, -0.2) is 4.98 Å². The van der Waals surface area contributed by atoms with Crippen LogP contribution in [0.3, 0.4) is 0 Å². The zero-order chi connectivity index (χ0) is 9.10. The van der Waals surface area contributed by atoms with E-state index in [0.717, 1.165) is 11.0 Å². The van der Waals surface area contributed by atoms with Crippen LogP contribution in [0.15, 0.2) is 6.33 Å². The molecule has 1 aromatic heterocycles. The summed E-state index contributed by atoms with van der Waals surface area (Å²) in [5.74, 6) is 0.910. The minimum Gasteiger partial charge on any atom is -0.358 e. The Labute approximate surface area is 82.8 Å². The number of anilines is 1. The second-order valence-electron chi connectivity index (χ2n) is 3.85. The summed E-state index contributed by atoms with van der Waals surface area (Å²) in [6.07, 6.45) is 6.85. The van der Waals surface area contributed by atoms with Crippen molar-refractivity contribution in [3.8, 4) is 0 Å². The summed E-state index contributed by atoms with van der Waals surface area (Å²) >= 11 is 1.45. The van der Waals surface area contributed by atoms with E-state index < -0.39 is 0 Å². The van der Waals surface area contributed by atoms with Gasteiger partial charge in [0.25, 0.3) is 0 Å². The zero-order valence-electron chi connectivity index (χ0n) is 7.86. The van der Waals surface area contributed by atoms with Gasteiger partial charge in [-0.1, -0.05) is 6.92 Å². The Bertz CT molecular complexity index is 239. The van der Waals surface area contributed by atoms with Crippen molar-refractivity contribution in [2.75, 3.05) is 5.32 Å². The minimum absolute atomic E-state index is 0.629. The van der Waals surface area contributed by atoms with Crippen LogP contribution in [0.5, 0.6) is 0 Å². The van der Waals surface area contributed by atoms with Crippen molar-refractivity contribution in [3.63, 3.8) is 0 Å². The maximum atomic E-state index is 4.13. The van der Waals surface area contributed by atoms with Crippen LogP contribution < -0.4 is 5.32 Å². The fourth-order valence-electron chi connectivity index (χ4n) is 1.82. The Balaban J connectivity index is 1.83. The van der Waals surface area contributed by atoms with Gasteiger partial charge in [0.05, 0.1) is 0 Å². The van der Waals surface area contributed by atoms with Crippen LogP contribution in [0.2, 0.25) is 0 Å². The Kier molecular flexibility index (Phi) is 2.78. The van der Waals surface area contributed by atoms with Crippen molar-refractivity contribution in [3.05, 3.63) is 6.33 Å². The van der Waals surface area contributed by atoms with Gasteiger partial charge in [-0.2, -0.15) is 4.37 Å². The Morgan fingerprint density at radius 3 is 2.77 bits per heavy atom. The predicted molar refractivity (Wildman–Crippen MR) is 55.0 cm³/mol. The van der Waals surface area contributed by atoms with Gasteiger partial charge in [0.2, 0.25) is 5.13 Å². The van der Waals surface area contributed by atoms with E-state index in [9.17, 15) is 0 Å². The average Bonchev–Trinajstić information content (AvgIpc) is 2.62. The molecule has 1 aromatic rings. The molecule has 0 aliphatic heterocycles. The smallest absolute Gasteiger partial charge is 0.202 e. The van der Waals surface area contributed by atoms with Gasteiger partial charge in [0.1, 0.15) is 6.33 Å². The van der Waals surface area contributed by atoms with E-state index in [1.807, 2.05) is 0 Å². The van der Waals surface area contributed by atoms with Gasteiger partial charge in [-0.3, -0.25) is 0 Å². The molecule has 1 N–H and O–H groups in total. The van der Waals surface area contributed by atoms with Crippen molar-refractivity contribution in [1.29, 1.82) is 0 Å². The Morgan fingerprint density at radius 2 is 2.15 bits per heavy atom. The van der Waals surface area contributed by atoms with Gasteiger partial charge < -0.3 is 5.32 Å². The highest BCUT2D eigenvalue weighted by Gasteiger charge is 2.18. The molecule has 1 saturated carbocycles. The molecule has 0 aromatic carbocycles. The minimum atomic E-state index is 0.629. The molecular formula is C9H15N3S. The standard InChI is InChI=1S/C9H15N3S/c1-7-2-4-8(5-3-7)12-9-10-6-11-13-9/h6-8H,2-5H2,1H3,(H,10,11,12). The number of hydrogen-bond donors (Lipinski definition) is 1. The van der Waals surface area contributed by atoms with E-state index in [-0.39, 0.29) is 0 Å². The second kappa shape index (κ2) is 4.05. The maximum Gasteiger partial charge on any atom is 0.202 e. The first-order chi connectivity index (χ1) is 6.34. The largest absolute Gasteiger partial charge is 0.358 e. The van der Waals surface area contributed by atoms with E-state index in [0.29, 0.717) is 6.04 Å². The molecule has 0 radical (unpaired) electrons. The third kappa shape index (κ3) is 2.40. The van der Waals surface area contributed by atoms with Crippen LogP contribution in [0.1, 0.15) is 32.6 Å². The second-order valence-corrected chi connectivity index (χ2v) is 4.63. The van der Waals surface area contributed by atoms with E-state index in [1.165, 1.54) is 37.2 Å². The monoisotopic (exact) mass is 197 g/mol. The highest BCUT2D eigenvalue weighted by molar-refractivity contribution is 7.09. The molecule has 1 fully saturated rings. The summed E-state index contributed by atoms with van der Waals surface area (Å²) < 4.78 is 3.97. The molecule has 13 heavy (non-hydrogen) atoms. The van der Waals surface area contributed by atoms with Gasteiger partial charge in [0.15, 0.2) is 0 Å². The lowest BCUT2D eigenvalue weighted by atomic mass is 9.87. The van der Waals surface area contributed by atoms with Gasteiger partial charge in [-0.05, 0) is 31.6 Å². The molecule has 1 aliphatic rings. The highest BCUT2D eigenvalue weighted by Crippen LogP contribution is 2.25. The van der Waals surface area contributed by atoms with E-state index >= 15 is 0 Å². The lowest BCUT2D eigenvalue weighted by molar-refractivity contribution is 0.361. The van der Waals surface area contributed by atoms with E-state index in [1.54, 1.807) is 6.33 Å². The fraction of sp³-hybridized carbons (Fsp3) is 0.778. The van der Waals surface area contributed by atoms with Crippen molar-refractivity contribution in [2.45, 2.75) is 38.6 Å². The van der Waals surface area contributed by atoms with Crippen LogP contribution in [0.25, 0.3) is 0 Å². The molecule has 4 heteroatoms. The third-order valence-electron chi connectivity index (χ3n) is 2.70. The summed E-state index contributed by atoms with van der Waals surface area (Å²) in [6, 6.07) is 0.629. The van der Waals surface area contributed by atoms with Crippen LogP contribution in [0, 0.1) is 5.92 Å².